The van der Waals surface area contributed by atoms with Gasteiger partial charge in [-0.3, -0.25) is 4.79 Å². The van der Waals surface area contributed by atoms with Crippen molar-refractivity contribution in [3.8, 4) is 5.75 Å². The molecule has 1 aromatic heterocycles. The van der Waals surface area contributed by atoms with Gasteiger partial charge in [0.05, 0.1) is 11.0 Å². The maximum absolute atomic E-state index is 12.5. The van der Waals surface area contributed by atoms with Crippen molar-refractivity contribution in [2.24, 2.45) is 7.05 Å². The van der Waals surface area contributed by atoms with Crippen molar-refractivity contribution >= 4 is 22.6 Å². The van der Waals surface area contributed by atoms with Gasteiger partial charge in [-0.25, -0.2) is 4.98 Å². The number of imidazole rings is 1. The molecule has 0 unspecified atom stereocenters. The van der Waals surface area contributed by atoms with E-state index >= 15 is 0 Å². The van der Waals surface area contributed by atoms with E-state index in [9.17, 15) is 4.79 Å². The molecule has 1 amide bonds. The lowest BCUT2D eigenvalue weighted by atomic mass is 10.0. The Bertz CT molecular complexity index is 1070. The fourth-order valence-corrected chi connectivity index (χ4v) is 3.93. The molecule has 0 saturated carbocycles. The number of carbonyl (C=O) groups excluding carboxylic acids is 1. The van der Waals surface area contributed by atoms with E-state index in [1.165, 1.54) is 0 Å². The predicted molar refractivity (Wildman–Crippen MR) is 132 cm³/mol. The van der Waals surface area contributed by atoms with Crippen LogP contribution in [0.15, 0.2) is 36.4 Å². The average Bonchev–Trinajstić information content (AvgIpc) is 3.07. The predicted octanol–water partition coefficient (Wildman–Crippen LogP) is 4.91. The van der Waals surface area contributed by atoms with Crippen LogP contribution in [0.2, 0.25) is 0 Å². The van der Waals surface area contributed by atoms with Gasteiger partial charge in [0.15, 0.2) is 6.61 Å². The summed E-state index contributed by atoms with van der Waals surface area (Å²) in [7, 11) is 2.05. The zero-order valence-corrected chi connectivity index (χ0v) is 20.2. The summed E-state index contributed by atoms with van der Waals surface area (Å²) in [4.78, 5) is 19.7. The highest BCUT2D eigenvalue weighted by Gasteiger charge is 2.13. The van der Waals surface area contributed by atoms with E-state index in [4.69, 9.17) is 9.72 Å². The Morgan fingerprint density at radius 3 is 2.59 bits per heavy atom. The van der Waals surface area contributed by atoms with Crippen molar-refractivity contribution in [1.82, 2.24) is 14.5 Å². The highest BCUT2D eigenvalue weighted by Crippen LogP contribution is 2.27. The number of likely N-dealkylation sites (N-methyl/N-ethyl adjacent to an activating group) is 1. The van der Waals surface area contributed by atoms with Crippen molar-refractivity contribution in [3.05, 3.63) is 53.3 Å². The molecule has 0 aliphatic heterocycles. The smallest absolute Gasteiger partial charge is 0.262 e. The van der Waals surface area contributed by atoms with Crippen LogP contribution in [-0.4, -0.2) is 46.6 Å². The van der Waals surface area contributed by atoms with E-state index in [0.29, 0.717) is 5.92 Å². The summed E-state index contributed by atoms with van der Waals surface area (Å²) in [6.45, 7) is 13.7. The van der Waals surface area contributed by atoms with E-state index in [1.54, 1.807) is 0 Å². The molecule has 1 N–H and O–H groups in total. The zero-order valence-electron chi connectivity index (χ0n) is 20.2. The van der Waals surface area contributed by atoms with Crippen LogP contribution in [-0.2, 0) is 18.3 Å². The summed E-state index contributed by atoms with van der Waals surface area (Å²) < 4.78 is 8.00. The highest BCUT2D eigenvalue weighted by atomic mass is 16.5. The van der Waals surface area contributed by atoms with Gasteiger partial charge in [-0.1, -0.05) is 39.8 Å². The van der Waals surface area contributed by atoms with Gasteiger partial charge in [0.1, 0.15) is 11.6 Å². The van der Waals surface area contributed by atoms with Crippen molar-refractivity contribution in [3.63, 3.8) is 0 Å². The standard InChI is InChI=1S/C26H36N4O2/c1-7-30(8-2)14-13-25-28-22-16-20(10-12-23(22)29(25)6)27-26(31)17-32-24-15-19(5)9-11-21(24)18(3)4/h9-12,15-16,18H,7-8,13-14,17H2,1-6H3,(H,27,31). The van der Waals surface area contributed by atoms with Gasteiger partial charge in [-0.05, 0) is 61.3 Å². The number of hydrogen-bond donors (Lipinski definition) is 1. The van der Waals surface area contributed by atoms with Crippen molar-refractivity contribution in [2.45, 2.75) is 47.0 Å². The van der Waals surface area contributed by atoms with Crippen molar-refractivity contribution in [2.75, 3.05) is 31.6 Å². The first-order chi connectivity index (χ1) is 15.3. The Morgan fingerprint density at radius 1 is 1.16 bits per heavy atom. The second kappa shape index (κ2) is 10.6. The Labute approximate surface area is 191 Å². The van der Waals surface area contributed by atoms with Gasteiger partial charge in [0.2, 0.25) is 0 Å². The molecule has 6 heteroatoms. The van der Waals surface area contributed by atoms with Gasteiger partial charge in [-0.2, -0.15) is 0 Å². The van der Waals surface area contributed by atoms with Crippen LogP contribution >= 0.6 is 0 Å². The molecule has 0 aliphatic carbocycles. The molecule has 0 radical (unpaired) electrons. The second-order valence-electron chi connectivity index (χ2n) is 8.60. The molecule has 6 nitrogen and oxygen atoms in total. The molecule has 32 heavy (non-hydrogen) atoms. The minimum atomic E-state index is -0.182. The van der Waals surface area contributed by atoms with Crippen LogP contribution in [0, 0.1) is 6.92 Å². The van der Waals surface area contributed by atoms with Crippen molar-refractivity contribution < 1.29 is 9.53 Å². The zero-order chi connectivity index (χ0) is 23.3. The molecule has 0 atom stereocenters. The van der Waals surface area contributed by atoms with Gasteiger partial charge < -0.3 is 19.5 Å². The van der Waals surface area contributed by atoms with Gasteiger partial charge >= 0.3 is 0 Å². The third-order valence-corrected chi connectivity index (χ3v) is 5.95. The molecule has 0 saturated heterocycles. The molecule has 2 aromatic carbocycles. The van der Waals surface area contributed by atoms with Gasteiger partial charge in [-0.15, -0.1) is 0 Å². The van der Waals surface area contributed by atoms with Gasteiger partial charge in [0, 0.05) is 25.7 Å². The number of ether oxygens (including phenoxy) is 1. The van der Waals surface area contributed by atoms with E-state index < -0.39 is 0 Å². The quantitative estimate of drug-likeness (QED) is 0.491. The maximum atomic E-state index is 12.5. The fourth-order valence-electron chi connectivity index (χ4n) is 3.93. The largest absolute Gasteiger partial charge is 0.483 e. The van der Waals surface area contributed by atoms with Gasteiger partial charge in [0.25, 0.3) is 5.91 Å². The molecule has 172 valence electrons. The Kier molecular flexibility index (Phi) is 7.91. The number of rotatable bonds is 10. The summed E-state index contributed by atoms with van der Waals surface area (Å²) >= 11 is 0. The molecule has 0 aliphatic rings. The third-order valence-electron chi connectivity index (χ3n) is 5.95. The van der Waals surface area contributed by atoms with Crippen LogP contribution in [0.3, 0.4) is 0 Å². The SMILES string of the molecule is CCN(CC)CCc1nc2cc(NC(=O)COc3cc(C)ccc3C(C)C)ccc2n1C. The van der Waals surface area contributed by atoms with Crippen molar-refractivity contribution in [1.29, 1.82) is 0 Å². The number of aryl methyl sites for hydroxylation is 2. The Morgan fingerprint density at radius 2 is 1.91 bits per heavy atom. The molecule has 3 aromatic rings. The lowest BCUT2D eigenvalue weighted by Gasteiger charge is -2.17. The molecule has 0 fully saturated rings. The summed E-state index contributed by atoms with van der Waals surface area (Å²) in [6, 6.07) is 12.0. The first-order valence-corrected chi connectivity index (χ1v) is 11.5. The Balaban J connectivity index is 1.66. The first-order valence-electron chi connectivity index (χ1n) is 11.5. The second-order valence-corrected chi connectivity index (χ2v) is 8.60. The lowest BCUT2D eigenvalue weighted by molar-refractivity contribution is -0.118. The number of aromatic nitrogens is 2. The van der Waals surface area contributed by atoms with E-state index in [0.717, 1.165) is 65.5 Å². The summed E-state index contributed by atoms with van der Waals surface area (Å²) in [5.74, 6) is 1.97. The number of benzene rings is 2. The monoisotopic (exact) mass is 436 g/mol. The number of fused-ring (bicyclic) bond motifs is 1. The lowest BCUT2D eigenvalue weighted by Crippen LogP contribution is -2.26. The molecular weight excluding hydrogens is 400 g/mol. The maximum Gasteiger partial charge on any atom is 0.262 e. The topological polar surface area (TPSA) is 59.4 Å². The molecule has 1 heterocycles. The molecule has 0 spiro atoms. The normalized spacial score (nSPS) is 11.5. The average molecular weight is 437 g/mol. The van der Waals surface area contributed by atoms with Crippen LogP contribution < -0.4 is 10.1 Å². The molecule has 3 rings (SSSR count). The molecular formula is C26H36N4O2. The number of hydrogen-bond acceptors (Lipinski definition) is 4. The summed E-state index contributed by atoms with van der Waals surface area (Å²) in [5.41, 5.74) is 4.90. The van der Waals surface area contributed by atoms with Crippen LogP contribution in [0.1, 0.15) is 50.6 Å². The van der Waals surface area contributed by atoms with E-state index in [-0.39, 0.29) is 12.5 Å². The fraction of sp³-hybridized carbons (Fsp3) is 0.462. The first kappa shape index (κ1) is 23.8. The number of amides is 1. The number of carbonyl (C=O) groups is 1. The highest BCUT2D eigenvalue weighted by molar-refractivity contribution is 5.94. The Hall–Kier alpha value is -2.86. The number of nitrogens with zero attached hydrogens (tertiary/aromatic N) is 3. The third kappa shape index (κ3) is 5.68. The van der Waals surface area contributed by atoms with E-state index in [1.807, 2.05) is 38.2 Å². The van der Waals surface area contributed by atoms with E-state index in [2.05, 4.69) is 54.6 Å². The summed E-state index contributed by atoms with van der Waals surface area (Å²) in [5, 5.41) is 2.94. The van der Waals surface area contributed by atoms with Crippen LogP contribution in [0.5, 0.6) is 5.75 Å². The van der Waals surface area contributed by atoms with Crippen LogP contribution in [0.25, 0.3) is 11.0 Å². The number of nitrogens with one attached hydrogen (secondary N) is 1. The minimum Gasteiger partial charge on any atom is -0.483 e. The molecule has 0 bridgehead atoms. The van der Waals surface area contributed by atoms with Crippen LogP contribution in [0.4, 0.5) is 5.69 Å². The number of anilines is 1. The minimum absolute atomic E-state index is 0.0292. The summed E-state index contributed by atoms with van der Waals surface area (Å²) in [6.07, 6.45) is 0.900.